The van der Waals surface area contributed by atoms with E-state index in [2.05, 4.69) is 29.5 Å². The third kappa shape index (κ3) is 10.8. The van der Waals surface area contributed by atoms with Crippen LogP contribution >= 0.6 is 0 Å². The van der Waals surface area contributed by atoms with Gasteiger partial charge in [-0.25, -0.2) is 9.78 Å². The van der Waals surface area contributed by atoms with Crippen molar-refractivity contribution in [2.45, 2.75) is 47.0 Å². The lowest BCUT2D eigenvalue weighted by molar-refractivity contribution is -0.132. The van der Waals surface area contributed by atoms with Crippen molar-refractivity contribution < 1.29 is 9.90 Å². The number of carbonyl (C=O) groups is 1. The first-order chi connectivity index (χ1) is 13.3. The van der Waals surface area contributed by atoms with Gasteiger partial charge in [0.05, 0.1) is 5.69 Å². The number of rotatable bonds is 4. The lowest BCUT2D eigenvalue weighted by Gasteiger charge is -2.02. The molecule has 6 nitrogen and oxygen atoms in total. The van der Waals surface area contributed by atoms with Gasteiger partial charge in [0.15, 0.2) is 0 Å². The highest BCUT2D eigenvalue weighted by molar-refractivity contribution is 5.86. The fourth-order valence-electron chi connectivity index (χ4n) is 2.10. The average molecular weight is 385 g/mol. The molecule has 0 fully saturated rings. The number of aromatic nitrogens is 2. The van der Waals surface area contributed by atoms with Gasteiger partial charge in [-0.2, -0.15) is 4.98 Å². The van der Waals surface area contributed by atoms with Crippen molar-refractivity contribution in [1.82, 2.24) is 9.97 Å². The van der Waals surface area contributed by atoms with Crippen molar-refractivity contribution >= 4 is 23.8 Å². The van der Waals surface area contributed by atoms with E-state index < -0.39 is 5.97 Å². The zero-order valence-electron chi connectivity index (χ0n) is 17.3. The summed E-state index contributed by atoms with van der Waals surface area (Å²) in [5.74, 6) is -0.256. The summed E-state index contributed by atoms with van der Waals surface area (Å²) < 4.78 is 0. The Morgan fingerprint density at radius 1 is 1.29 bits per heavy atom. The maximum atomic E-state index is 10.6. The molecule has 6 heteroatoms. The number of carboxylic acid groups (broad SMARTS) is 1. The van der Waals surface area contributed by atoms with Gasteiger partial charge in [-0.1, -0.05) is 68.9 Å². The summed E-state index contributed by atoms with van der Waals surface area (Å²) in [6.45, 7) is 11.7. The first kappa shape index (κ1) is 24.8. The Bertz CT molecular complexity index is 754. The molecule has 0 saturated heterocycles. The maximum absolute atomic E-state index is 10.6. The second-order valence-electron chi connectivity index (χ2n) is 5.76. The van der Waals surface area contributed by atoms with Crippen LogP contribution in [0.25, 0.3) is 6.08 Å². The van der Waals surface area contributed by atoms with Gasteiger partial charge in [0.1, 0.15) is 5.82 Å². The number of nitrogens with two attached hydrogens (primary N) is 2. The van der Waals surface area contributed by atoms with Gasteiger partial charge in [0.25, 0.3) is 0 Å². The van der Waals surface area contributed by atoms with Crippen LogP contribution in [0.5, 0.6) is 0 Å². The maximum Gasteiger partial charge on any atom is 0.331 e. The highest BCUT2D eigenvalue weighted by Gasteiger charge is 2.05. The van der Waals surface area contributed by atoms with Crippen LogP contribution in [0.15, 0.2) is 59.7 Å². The molecule has 1 aromatic heterocycles. The molecule has 28 heavy (non-hydrogen) atoms. The average Bonchev–Trinajstić information content (AvgIpc) is 2.61. The van der Waals surface area contributed by atoms with Crippen LogP contribution in [0.1, 0.15) is 52.7 Å². The molecule has 2 rings (SSSR count). The molecule has 0 unspecified atom stereocenters. The molecular weight excluding hydrogens is 352 g/mol. The number of anilines is 2. The number of nitrogens with zero attached hydrogens (tertiary/aromatic N) is 2. The second-order valence-corrected chi connectivity index (χ2v) is 5.76. The van der Waals surface area contributed by atoms with Gasteiger partial charge < -0.3 is 16.6 Å². The van der Waals surface area contributed by atoms with Crippen LogP contribution in [-0.2, 0) is 4.79 Å². The van der Waals surface area contributed by atoms with Crippen molar-refractivity contribution in [3.8, 4) is 0 Å². The van der Waals surface area contributed by atoms with Crippen molar-refractivity contribution in [2.24, 2.45) is 0 Å². The molecule has 1 aliphatic rings. The number of nitrogen functional groups attached to an aromatic ring is 2. The summed E-state index contributed by atoms with van der Waals surface area (Å²) in [6, 6.07) is 1.65. The number of hydrogen-bond donors (Lipinski definition) is 3. The minimum atomic E-state index is -0.807. The lowest BCUT2D eigenvalue weighted by atomic mass is 10.0. The molecule has 5 N–H and O–H groups in total. The van der Waals surface area contributed by atoms with Gasteiger partial charge in [-0.15, -0.1) is 0 Å². The summed E-state index contributed by atoms with van der Waals surface area (Å²) in [5, 5.41) is 8.76. The molecule has 1 aromatic rings. The molecule has 0 amide bonds. The molecule has 0 atom stereocenters. The van der Waals surface area contributed by atoms with Crippen molar-refractivity contribution in [3.63, 3.8) is 0 Å². The minimum absolute atomic E-state index is 0.182. The Morgan fingerprint density at radius 3 is 2.50 bits per heavy atom. The predicted molar refractivity (Wildman–Crippen MR) is 119 cm³/mol. The molecule has 0 aliphatic heterocycles. The Balaban J connectivity index is 0.000000478. The normalized spacial score (nSPS) is 17.9. The van der Waals surface area contributed by atoms with Crippen LogP contribution in [-0.4, -0.2) is 21.0 Å². The fraction of sp³-hybridized carbons (Fsp3) is 0.318. The zero-order chi connectivity index (χ0) is 21.5. The number of allylic oxidation sites excluding steroid dienone is 7. The van der Waals surface area contributed by atoms with E-state index in [-0.39, 0.29) is 5.95 Å². The van der Waals surface area contributed by atoms with E-state index >= 15 is 0 Å². The van der Waals surface area contributed by atoms with Crippen molar-refractivity contribution in [2.75, 3.05) is 11.5 Å². The van der Waals surface area contributed by atoms with Crippen LogP contribution in [0, 0.1) is 0 Å². The topological polar surface area (TPSA) is 115 Å². The molecule has 1 heterocycles. The molecule has 0 radical (unpaired) electrons. The Labute approximate surface area is 168 Å². The summed E-state index contributed by atoms with van der Waals surface area (Å²) in [5.41, 5.74) is 14.3. The van der Waals surface area contributed by atoms with E-state index in [4.69, 9.17) is 16.6 Å². The third-order valence-electron chi connectivity index (χ3n) is 3.42. The highest BCUT2D eigenvalue weighted by atomic mass is 16.4. The summed E-state index contributed by atoms with van der Waals surface area (Å²) in [6.07, 6.45) is 13.7. The van der Waals surface area contributed by atoms with Gasteiger partial charge in [0.2, 0.25) is 5.95 Å². The van der Waals surface area contributed by atoms with E-state index in [1.165, 1.54) is 5.57 Å². The second kappa shape index (κ2) is 14.0. The number of carboxylic acids is 1. The SMILES string of the molecule is C=C(C)/C=C\c1cc(N)nc(N)n1.CC.CCC1=C/C/C=C(/C(=O)O)C/C=C\1. The van der Waals surface area contributed by atoms with E-state index in [0.717, 1.165) is 18.4 Å². The third-order valence-corrected chi connectivity index (χ3v) is 3.42. The quantitative estimate of drug-likeness (QED) is 0.633. The molecular formula is C22H32N4O2. The number of aliphatic carboxylic acids is 1. The van der Waals surface area contributed by atoms with Crippen LogP contribution in [0.3, 0.4) is 0 Å². The van der Waals surface area contributed by atoms with E-state index in [1.54, 1.807) is 18.2 Å². The molecule has 0 saturated carbocycles. The van der Waals surface area contributed by atoms with Crippen LogP contribution < -0.4 is 11.5 Å². The van der Waals surface area contributed by atoms with E-state index in [0.29, 0.717) is 23.5 Å². The molecule has 0 aromatic carbocycles. The van der Waals surface area contributed by atoms with Crippen LogP contribution in [0.4, 0.5) is 11.8 Å². The van der Waals surface area contributed by atoms with Crippen molar-refractivity contribution in [3.05, 3.63) is 65.4 Å². The standard InChI is InChI=1S/C11H14O2.C9H12N4.C2H6/c1-2-9-5-3-7-10(11(12)13)8-4-6-9;1-6(2)3-4-7-5-8(10)13-9(11)12-7;1-2/h3,5-6,8H,2,4,7H2,1H3,(H,12,13);3-5H,1H2,2H3,(H4,10,11,12,13);1-2H3/b5-3-,9-6-,10-8+;4-3-;. The Kier molecular flexibility index (Phi) is 12.4. The van der Waals surface area contributed by atoms with Crippen LogP contribution in [0.2, 0.25) is 0 Å². The largest absolute Gasteiger partial charge is 0.478 e. The van der Waals surface area contributed by atoms with Gasteiger partial charge in [-0.05, 0) is 32.3 Å². The molecule has 0 spiro atoms. The predicted octanol–water partition coefficient (Wildman–Crippen LogP) is 4.94. The van der Waals surface area contributed by atoms with Gasteiger partial charge >= 0.3 is 5.97 Å². The summed E-state index contributed by atoms with van der Waals surface area (Å²) in [7, 11) is 0. The van der Waals surface area contributed by atoms with E-state index in [1.807, 2.05) is 39.0 Å². The van der Waals surface area contributed by atoms with Gasteiger partial charge in [0, 0.05) is 11.6 Å². The van der Waals surface area contributed by atoms with Gasteiger partial charge in [-0.3, -0.25) is 0 Å². The Hall–Kier alpha value is -3.15. The molecule has 1 aliphatic carbocycles. The van der Waals surface area contributed by atoms with E-state index in [9.17, 15) is 4.79 Å². The zero-order valence-corrected chi connectivity index (χ0v) is 17.3. The Morgan fingerprint density at radius 2 is 1.96 bits per heavy atom. The first-order valence-electron chi connectivity index (χ1n) is 9.33. The van der Waals surface area contributed by atoms with Crippen molar-refractivity contribution in [1.29, 1.82) is 0 Å². The fourth-order valence-corrected chi connectivity index (χ4v) is 2.10. The molecule has 152 valence electrons. The highest BCUT2D eigenvalue weighted by Crippen LogP contribution is 2.13. The lowest BCUT2D eigenvalue weighted by Crippen LogP contribution is -2.00. The monoisotopic (exact) mass is 384 g/mol. The minimum Gasteiger partial charge on any atom is -0.478 e. The smallest absolute Gasteiger partial charge is 0.331 e. The summed E-state index contributed by atoms with van der Waals surface area (Å²) >= 11 is 0. The number of hydrogen-bond acceptors (Lipinski definition) is 5. The first-order valence-corrected chi connectivity index (χ1v) is 9.33. The summed E-state index contributed by atoms with van der Waals surface area (Å²) in [4.78, 5) is 18.4. The molecule has 0 bridgehead atoms.